The number of nitrogens with zero attached hydrogens (tertiary/aromatic N) is 2. The van der Waals surface area contributed by atoms with Gasteiger partial charge in [0.25, 0.3) is 0 Å². The van der Waals surface area contributed by atoms with E-state index in [1.165, 1.54) is 24.8 Å². The average Bonchev–Trinajstić information content (AvgIpc) is 2.64. The summed E-state index contributed by atoms with van der Waals surface area (Å²) in [6.45, 7) is 0.879. The molecule has 0 saturated heterocycles. The van der Waals surface area contributed by atoms with Crippen LogP contribution in [0, 0.1) is 0 Å². The second-order valence-electron chi connectivity index (χ2n) is 3.24. The number of rotatable bonds is 6. The smallest absolute Gasteiger partial charge is 0.214 e. The molecule has 1 N–H and O–H groups in total. The lowest BCUT2D eigenvalue weighted by Gasteiger charge is -2.10. The first-order valence-electron chi connectivity index (χ1n) is 4.50. The lowest BCUT2D eigenvalue weighted by molar-refractivity contribution is 0.479. The van der Waals surface area contributed by atoms with Crippen molar-refractivity contribution in [2.24, 2.45) is 0 Å². The molecule has 0 aliphatic heterocycles. The fourth-order valence-corrected chi connectivity index (χ4v) is 1.69. The summed E-state index contributed by atoms with van der Waals surface area (Å²) in [5, 5.41) is 2.96. The highest BCUT2D eigenvalue weighted by Gasteiger charge is 2.12. The Morgan fingerprint density at radius 2 is 2.27 bits per heavy atom. The largest absolute Gasteiger partial charge is 0.447 e. The van der Waals surface area contributed by atoms with E-state index in [0.29, 0.717) is 18.8 Å². The highest BCUT2D eigenvalue weighted by atomic mass is 32.2. The van der Waals surface area contributed by atoms with E-state index in [1.807, 2.05) is 0 Å². The van der Waals surface area contributed by atoms with Gasteiger partial charge >= 0.3 is 0 Å². The third-order valence-electron chi connectivity index (χ3n) is 1.88. The lowest BCUT2D eigenvalue weighted by Crippen LogP contribution is -2.30. The number of oxazole rings is 1. The Hall–Kier alpha value is -0.920. The molecule has 86 valence electrons. The molecule has 0 radical (unpaired) electrons. The summed E-state index contributed by atoms with van der Waals surface area (Å²) in [7, 11) is -0.0754. The normalized spacial score (nSPS) is 12.2. The van der Waals surface area contributed by atoms with E-state index in [9.17, 15) is 8.42 Å². The summed E-state index contributed by atoms with van der Waals surface area (Å²) in [6, 6.07) is 0. The standard InChI is InChI=1S/C8H15N3O3S/c1-11(2)15(12,13)4-3-9-5-8-6-10-7-14-8/h6-7,9H,3-5H2,1-2H3. The monoisotopic (exact) mass is 233 g/mol. The number of sulfonamides is 1. The molecular weight excluding hydrogens is 218 g/mol. The molecule has 0 atom stereocenters. The molecule has 0 saturated carbocycles. The second-order valence-corrected chi connectivity index (χ2v) is 5.55. The van der Waals surface area contributed by atoms with Crippen LogP contribution in [0.15, 0.2) is 17.0 Å². The molecule has 0 fully saturated rings. The van der Waals surface area contributed by atoms with Crippen LogP contribution >= 0.6 is 0 Å². The second kappa shape index (κ2) is 5.24. The predicted octanol–water partition coefficient (Wildman–Crippen LogP) is -0.344. The first-order chi connectivity index (χ1) is 7.02. The van der Waals surface area contributed by atoms with Crippen LogP contribution < -0.4 is 5.32 Å². The maximum Gasteiger partial charge on any atom is 0.214 e. The van der Waals surface area contributed by atoms with Crippen molar-refractivity contribution < 1.29 is 12.8 Å². The fraction of sp³-hybridized carbons (Fsp3) is 0.625. The Labute approximate surface area is 89.3 Å². The van der Waals surface area contributed by atoms with Gasteiger partial charge in [-0.1, -0.05) is 0 Å². The summed E-state index contributed by atoms with van der Waals surface area (Å²) < 4.78 is 28.9. The van der Waals surface area contributed by atoms with E-state index in [2.05, 4.69) is 10.3 Å². The Balaban J connectivity index is 2.23. The van der Waals surface area contributed by atoms with Gasteiger partial charge in [-0.2, -0.15) is 0 Å². The van der Waals surface area contributed by atoms with E-state index in [1.54, 1.807) is 6.20 Å². The van der Waals surface area contributed by atoms with Crippen molar-refractivity contribution in [3.63, 3.8) is 0 Å². The summed E-state index contributed by atoms with van der Waals surface area (Å²) in [5.74, 6) is 0.769. The van der Waals surface area contributed by atoms with Crippen LogP contribution in [0.3, 0.4) is 0 Å². The molecule has 0 bridgehead atoms. The Bertz CT molecular complexity index is 372. The minimum absolute atomic E-state index is 0.0775. The Morgan fingerprint density at radius 1 is 1.53 bits per heavy atom. The number of hydrogen-bond donors (Lipinski definition) is 1. The molecule has 15 heavy (non-hydrogen) atoms. The van der Waals surface area contributed by atoms with Gasteiger partial charge < -0.3 is 9.73 Å². The van der Waals surface area contributed by atoms with E-state index < -0.39 is 10.0 Å². The summed E-state index contributed by atoms with van der Waals surface area (Å²) in [5.41, 5.74) is 0. The zero-order chi connectivity index (χ0) is 11.3. The molecule has 0 aliphatic rings. The SMILES string of the molecule is CN(C)S(=O)(=O)CCNCc1cnco1. The van der Waals surface area contributed by atoms with Crippen molar-refractivity contribution in [2.75, 3.05) is 26.4 Å². The quantitative estimate of drug-likeness (QED) is 0.680. The van der Waals surface area contributed by atoms with Crippen LogP contribution in [0.2, 0.25) is 0 Å². The molecule has 0 spiro atoms. The van der Waals surface area contributed by atoms with E-state index >= 15 is 0 Å². The average molecular weight is 233 g/mol. The minimum atomic E-state index is -3.11. The third-order valence-corrected chi connectivity index (χ3v) is 3.71. The molecule has 1 rings (SSSR count). The zero-order valence-electron chi connectivity index (χ0n) is 8.80. The van der Waals surface area contributed by atoms with Crippen molar-refractivity contribution in [3.05, 3.63) is 18.4 Å². The first-order valence-corrected chi connectivity index (χ1v) is 6.11. The van der Waals surface area contributed by atoms with Crippen molar-refractivity contribution in [2.45, 2.75) is 6.54 Å². The molecule has 1 aromatic heterocycles. The maximum atomic E-state index is 11.3. The van der Waals surface area contributed by atoms with Gasteiger partial charge in [-0.3, -0.25) is 0 Å². The third kappa shape index (κ3) is 3.98. The molecule has 1 heterocycles. The van der Waals surface area contributed by atoms with Gasteiger partial charge in [-0.05, 0) is 0 Å². The van der Waals surface area contributed by atoms with Crippen LogP contribution in [-0.2, 0) is 16.6 Å². The maximum absolute atomic E-state index is 11.3. The number of hydrogen-bond acceptors (Lipinski definition) is 5. The van der Waals surface area contributed by atoms with Gasteiger partial charge in [0.05, 0.1) is 18.5 Å². The van der Waals surface area contributed by atoms with Gasteiger partial charge in [0.1, 0.15) is 5.76 Å². The predicted molar refractivity (Wildman–Crippen MR) is 55.7 cm³/mol. The topological polar surface area (TPSA) is 75.4 Å². The van der Waals surface area contributed by atoms with Crippen LogP contribution in [-0.4, -0.2) is 44.1 Å². The van der Waals surface area contributed by atoms with E-state index in [0.717, 1.165) is 0 Å². The summed E-state index contributed by atoms with van der Waals surface area (Å²) in [6.07, 6.45) is 2.93. The lowest BCUT2D eigenvalue weighted by atomic mass is 10.5. The molecule has 7 heteroatoms. The van der Waals surface area contributed by atoms with Crippen molar-refractivity contribution in [1.82, 2.24) is 14.6 Å². The van der Waals surface area contributed by atoms with Gasteiger partial charge in [-0.25, -0.2) is 17.7 Å². The van der Waals surface area contributed by atoms with Crippen molar-refractivity contribution >= 4 is 10.0 Å². The van der Waals surface area contributed by atoms with Crippen LogP contribution in [0.4, 0.5) is 0 Å². The molecule has 1 aromatic rings. The molecular formula is C8H15N3O3S. The first kappa shape index (κ1) is 12.2. The van der Waals surface area contributed by atoms with Gasteiger partial charge in [0.2, 0.25) is 10.0 Å². The molecule has 0 aromatic carbocycles. The summed E-state index contributed by atoms with van der Waals surface area (Å²) in [4.78, 5) is 3.74. The van der Waals surface area contributed by atoms with Gasteiger partial charge in [-0.15, -0.1) is 0 Å². The molecule has 0 aliphatic carbocycles. The Kier molecular flexibility index (Phi) is 4.25. The summed E-state index contributed by atoms with van der Waals surface area (Å²) >= 11 is 0. The Morgan fingerprint density at radius 3 is 2.80 bits per heavy atom. The van der Waals surface area contributed by atoms with E-state index in [-0.39, 0.29) is 5.75 Å². The number of aromatic nitrogens is 1. The van der Waals surface area contributed by atoms with Crippen molar-refractivity contribution in [3.8, 4) is 0 Å². The van der Waals surface area contributed by atoms with Crippen LogP contribution in [0.25, 0.3) is 0 Å². The van der Waals surface area contributed by atoms with Gasteiger partial charge in [0, 0.05) is 20.6 Å². The highest BCUT2D eigenvalue weighted by molar-refractivity contribution is 7.89. The van der Waals surface area contributed by atoms with Gasteiger partial charge in [0.15, 0.2) is 6.39 Å². The number of nitrogens with one attached hydrogen (secondary N) is 1. The van der Waals surface area contributed by atoms with E-state index in [4.69, 9.17) is 4.42 Å². The van der Waals surface area contributed by atoms with Crippen LogP contribution in [0.1, 0.15) is 5.76 Å². The highest BCUT2D eigenvalue weighted by Crippen LogP contribution is 1.96. The van der Waals surface area contributed by atoms with Crippen molar-refractivity contribution in [1.29, 1.82) is 0 Å². The minimum Gasteiger partial charge on any atom is -0.447 e. The molecule has 6 nitrogen and oxygen atoms in total. The van der Waals surface area contributed by atoms with Crippen LogP contribution in [0.5, 0.6) is 0 Å². The molecule has 0 amide bonds. The molecule has 0 unspecified atom stereocenters. The zero-order valence-corrected chi connectivity index (χ0v) is 9.62. The fourth-order valence-electron chi connectivity index (χ4n) is 0.925.